The zero-order valence-corrected chi connectivity index (χ0v) is 11.7. The molecule has 0 bridgehead atoms. The maximum absolute atomic E-state index is 11.7. The number of benzene rings is 1. The lowest BCUT2D eigenvalue weighted by atomic mass is 10.2. The first-order chi connectivity index (χ1) is 9.10. The maximum atomic E-state index is 11.7. The molecule has 0 aliphatic rings. The highest BCUT2D eigenvalue weighted by Gasteiger charge is 2.14. The van der Waals surface area contributed by atoms with Gasteiger partial charge in [0, 0.05) is 9.90 Å². The average molecular weight is 292 g/mol. The smallest absolute Gasteiger partial charge is 0.349 e. The van der Waals surface area contributed by atoms with Crippen LogP contribution in [-0.2, 0) is 4.74 Å². The molecule has 1 aromatic heterocycles. The van der Waals surface area contributed by atoms with Crippen molar-refractivity contribution in [1.29, 1.82) is 5.26 Å². The number of hydrogen-bond acceptors (Lipinski definition) is 4. The van der Waals surface area contributed by atoms with E-state index in [1.54, 1.807) is 18.2 Å². The van der Waals surface area contributed by atoms with Crippen molar-refractivity contribution in [3.63, 3.8) is 0 Å². The molecule has 96 valence electrons. The second kappa shape index (κ2) is 5.87. The first-order valence-corrected chi connectivity index (χ1v) is 6.76. The minimum Gasteiger partial charge on any atom is -0.443 e. The molecule has 2 aromatic rings. The number of halogens is 1. The first-order valence-electron chi connectivity index (χ1n) is 5.56. The Morgan fingerprint density at radius 1 is 1.32 bits per heavy atom. The van der Waals surface area contributed by atoms with E-state index in [1.807, 2.05) is 24.3 Å². The summed E-state index contributed by atoms with van der Waals surface area (Å²) in [6.07, 6.45) is -0.742. The summed E-state index contributed by atoms with van der Waals surface area (Å²) in [6.45, 7) is 1.53. The maximum Gasteiger partial charge on any atom is 0.349 e. The summed E-state index contributed by atoms with van der Waals surface area (Å²) < 4.78 is 4.94. The summed E-state index contributed by atoms with van der Waals surface area (Å²) in [5, 5.41) is 9.27. The van der Waals surface area contributed by atoms with Crippen LogP contribution in [0.1, 0.15) is 16.6 Å². The van der Waals surface area contributed by atoms with Gasteiger partial charge in [0.05, 0.1) is 0 Å². The van der Waals surface area contributed by atoms with E-state index in [4.69, 9.17) is 21.6 Å². The van der Waals surface area contributed by atoms with Crippen molar-refractivity contribution in [3.05, 3.63) is 46.3 Å². The van der Waals surface area contributed by atoms with Crippen molar-refractivity contribution in [2.24, 2.45) is 0 Å². The molecule has 0 fully saturated rings. The third-order valence-electron chi connectivity index (χ3n) is 2.40. The summed E-state index contributed by atoms with van der Waals surface area (Å²) in [5.41, 5.74) is 0.988. The lowest BCUT2D eigenvalue weighted by Gasteiger charge is -2.03. The van der Waals surface area contributed by atoms with E-state index in [0.717, 1.165) is 10.4 Å². The minimum absolute atomic E-state index is 0.473. The normalized spacial score (nSPS) is 11.6. The van der Waals surface area contributed by atoms with Gasteiger partial charge in [0.2, 0.25) is 0 Å². The summed E-state index contributed by atoms with van der Waals surface area (Å²) in [7, 11) is 0. The molecule has 0 saturated carbocycles. The standard InChI is InChI=1S/C14H10ClNO2S/c1-9(8-16)18-14(17)13-7-6-12(19-13)10-2-4-11(15)5-3-10/h2-7,9H,1H3/t9-/m0/s1. The Morgan fingerprint density at radius 3 is 2.63 bits per heavy atom. The number of thiophene rings is 1. The zero-order valence-electron chi connectivity index (χ0n) is 10.1. The molecule has 0 aliphatic carbocycles. The van der Waals surface area contributed by atoms with Crippen molar-refractivity contribution in [2.45, 2.75) is 13.0 Å². The summed E-state index contributed by atoms with van der Waals surface area (Å²) in [6, 6.07) is 12.8. The minimum atomic E-state index is -0.742. The molecule has 3 nitrogen and oxygen atoms in total. The first kappa shape index (κ1) is 13.6. The Kier molecular flexibility index (Phi) is 4.20. The number of ether oxygens (including phenoxy) is 1. The van der Waals surface area contributed by atoms with E-state index in [2.05, 4.69) is 0 Å². The molecular weight excluding hydrogens is 282 g/mol. The molecule has 1 heterocycles. The zero-order chi connectivity index (χ0) is 13.8. The van der Waals surface area contributed by atoms with Crippen LogP contribution < -0.4 is 0 Å². The highest BCUT2D eigenvalue weighted by molar-refractivity contribution is 7.17. The van der Waals surface area contributed by atoms with E-state index in [1.165, 1.54) is 18.3 Å². The van der Waals surface area contributed by atoms with Crippen molar-refractivity contribution in [2.75, 3.05) is 0 Å². The Labute approximate surface area is 120 Å². The van der Waals surface area contributed by atoms with Gasteiger partial charge in [-0.2, -0.15) is 5.26 Å². The van der Waals surface area contributed by atoms with Gasteiger partial charge in [0.1, 0.15) is 10.9 Å². The predicted octanol–water partition coefficient (Wildman–Crippen LogP) is 4.14. The molecule has 1 atom stereocenters. The van der Waals surface area contributed by atoms with E-state index in [-0.39, 0.29) is 0 Å². The topological polar surface area (TPSA) is 50.1 Å². The third kappa shape index (κ3) is 3.34. The molecule has 0 N–H and O–H groups in total. The average Bonchev–Trinajstić information content (AvgIpc) is 2.89. The molecule has 0 radical (unpaired) electrons. The van der Waals surface area contributed by atoms with Crippen molar-refractivity contribution in [3.8, 4) is 16.5 Å². The van der Waals surface area contributed by atoms with Gasteiger partial charge in [0.15, 0.2) is 6.10 Å². The van der Waals surface area contributed by atoms with Crippen LogP contribution >= 0.6 is 22.9 Å². The lowest BCUT2D eigenvalue weighted by Crippen LogP contribution is -2.11. The van der Waals surface area contributed by atoms with Crippen LogP contribution in [0.3, 0.4) is 0 Å². The van der Waals surface area contributed by atoms with Gasteiger partial charge in [-0.1, -0.05) is 23.7 Å². The molecule has 1 aromatic carbocycles. The van der Waals surface area contributed by atoms with Gasteiger partial charge < -0.3 is 4.74 Å². The van der Waals surface area contributed by atoms with Crippen LogP contribution in [0.4, 0.5) is 0 Å². The molecule has 0 unspecified atom stereocenters. The Bertz CT molecular complexity index is 628. The Balaban J connectivity index is 2.17. The second-order valence-corrected chi connectivity index (χ2v) is 5.37. The van der Waals surface area contributed by atoms with Gasteiger partial charge in [-0.3, -0.25) is 0 Å². The number of rotatable bonds is 3. The Morgan fingerprint density at radius 2 is 2.00 bits per heavy atom. The molecule has 19 heavy (non-hydrogen) atoms. The highest BCUT2D eigenvalue weighted by atomic mass is 35.5. The van der Waals surface area contributed by atoms with Crippen molar-refractivity contribution in [1.82, 2.24) is 0 Å². The van der Waals surface area contributed by atoms with Gasteiger partial charge in [-0.25, -0.2) is 4.79 Å². The molecule has 5 heteroatoms. The molecule has 0 spiro atoms. The monoisotopic (exact) mass is 291 g/mol. The quantitative estimate of drug-likeness (QED) is 0.799. The van der Waals surface area contributed by atoms with Crippen LogP contribution in [-0.4, -0.2) is 12.1 Å². The molecule has 0 aliphatic heterocycles. The fourth-order valence-corrected chi connectivity index (χ4v) is 2.48. The van der Waals surface area contributed by atoms with Gasteiger partial charge >= 0.3 is 5.97 Å². The molecular formula is C14H10ClNO2S. The number of nitriles is 1. The third-order valence-corrected chi connectivity index (χ3v) is 3.77. The van der Waals surface area contributed by atoms with E-state index >= 15 is 0 Å². The number of carbonyl (C=O) groups excluding carboxylic acids is 1. The number of hydrogen-bond donors (Lipinski definition) is 0. The van der Waals surface area contributed by atoms with Crippen LogP contribution in [0.2, 0.25) is 5.02 Å². The second-order valence-electron chi connectivity index (χ2n) is 3.85. The van der Waals surface area contributed by atoms with E-state index in [9.17, 15) is 4.79 Å². The van der Waals surface area contributed by atoms with Gasteiger partial charge in [-0.05, 0) is 36.8 Å². The van der Waals surface area contributed by atoms with Gasteiger partial charge in [-0.15, -0.1) is 11.3 Å². The van der Waals surface area contributed by atoms with Crippen LogP contribution in [0.5, 0.6) is 0 Å². The van der Waals surface area contributed by atoms with Crippen LogP contribution in [0.15, 0.2) is 36.4 Å². The SMILES string of the molecule is C[C@@H](C#N)OC(=O)c1ccc(-c2ccc(Cl)cc2)s1. The number of esters is 1. The summed E-state index contributed by atoms with van der Waals surface area (Å²) in [5.74, 6) is -0.473. The van der Waals surface area contributed by atoms with Crippen molar-refractivity contribution < 1.29 is 9.53 Å². The lowest BCUT2D eigenvalue weighted by molar-refractivity contribution is 0.0441. The number of carbonyl (C=O) groups is 1. The summed E-state index contributed by atoms with van der Waals surface area (Å²) >= 11 is 7.15. The highest BCUT2D eigenvalue weighted by Crippen LogP contribution is 2.29. The van der Waals surface area contributed by atoms with Crippen molar-refractivity contribution >= 4 is 28.9 Å². The summed E-state index contributed by atoms with van der Waals surface area (Å²) in [4.78, 5) is 13.2. The van der Waals surface area contributed by atoms with E-state index < -0.39 is 12.1 Å². The Hall–Kier alpha value is -1.83. The molecule has 2 rings (SSSR count). The van der Waals surface area contributed by atoms with Crippen LogP contribution in [0, 0.1) is 11.3 Å². The van der Waals surface area contributed by atoms with Gasteiger partial charge in [0.25, 0.3) is 0 Å². The van der Waals surface area contributed by atoms with E-state index in [0.29, 0.717) is 9.90 Å². The van der Waals surface area contributed by atoms with Crippen LogP contribution in [0.25, 0.3) is 10.4 Å². The molecule has 0 saturated heterocycles. The molecule has 0 amide bonds. The number of nitrogens with zero attached hydrogens (tertiary/aromatic N) is 1. The fourth-order valence-electron chi connectivity index (χ4n) is 1.46. The predicted molar refractivity (Wildman–Crippen MR) is 75.3 cm³/mol. The largest absolute Gasteiger partial charge is 0.443 e. The fraction of sp³-hybridized carbons (Fsp3) is 0.143.